The van der Waals surface area contributed by atoms with Crippen molar-refractivity contribution >= 4 is 11.9 Å². The van der Waals surface area contributed by atoms with Crippen molar-refractivity contribution in [1.82, 2.24) is 15.1 Å². The Kier molecular flexibility index (Phi) is 8.55. The lowest BCUT2D eigenvalue weighted by Crippen LogP contribution is -2.49. The SMILES string of the molecule is CCOC(=O)NC1CCC(CCN2CCN(C(=NC)c3ccccc3C)CC2)CC1. The van der Waals surface area contributed by atoms with Crippen molar-refractivity contribution in [3.63, 3.8) is 0 Å². The molecule has 30 heavy (non-hydrogen) atoms. The summed E-state index contributed by atoms with van der Waals surface area (Å²) in [5.74, 6) is 1.91. The molecular formula is C24H38N4O2. The quantitative estimate of drug-likeness (QED) is 0.570. The van der Waals surface area contributed by atoms with Crippen molar-refractivity contribution in [3.8, 4) is 0 Å². The van der Waals surface area contributed by atoms with Gasteiger partial charge < -0.3 is 15.0 Å². The van der Waals surface area contributed by atoms with Gasteiger partial charge in [-0.2, -0.15) is 0 Å². The van der Waals surface area contributed by atoms with Gasteiger partial charge in [0.2, 0.25) is 0 Å². The molecule has 0 radical (unpaired) electrons. The standard InChI is InChI=1S/C24H38N4O2/c1-4-30-24(29)26-21-11-9-20(10-12-21)13-14-27-15-17-28(18-16-27)23(25-3)22-8-6-5-7-19(22)2/h5-8,20-21H,4,9-18H2,1-3H3,(H,26,29). The summed E-state index contributed by atoms with van der Waals surface area (Å²) < 4.78 is 5.00. The third-order valence-corrected chi connectivity index (χ3v) is 6.57. The van der Waals surface area contributed by atoms with Gasteiger partial charge in [0, 0.05) is 44.8 Å². The number of benzene rings is 1. The monoisotopic (exact) mass is 414 g/mol. The van der Waals surface area contributed by atoms with Crippen molar-refractivity contribution in [1.29, 1.82) is 0 Å². The summed E-state index contributed by atoms with van der Waals surface area (Å²) in [6.07, 6.45) is 5.56. The van der Waals surface area contributed by atoms with Crippen LogP contribution in [0.2, 0.25) is 0 Å². The van der Waals surface area contributed by atoms with Crippen LogP contribution in [-0.2, 0) is 4.74 Å². The Balaban J connectivity index is 1.38. The van der Waals surface area contributed by atoms with Gasteiger partial charge in [0.25, 0.3) is 0 Å². The Morgan fingerprint density at radius 3 is 2.47 bits per heavy atom. The highest BCUT2D eigenvalue weighted by atomic mass is 16.5. The van der Waals surface area contributed by atoms with E-state index in [1.54, 1.807) is 0 Å². The van der Waals surface area contributed by atoms with E-state index in [0.717, 1.165) is 50.8 Å². The Morgan fingerprint density at radius 2 is 1.83 bits per heavy atom. The zero-order valence-corrected chi connectivity index (χ0v) is 18.9. The maximum Gasteiger partial charge on any atom is 0.407 e. The van der Waals surface area contributed by atoms with Crippen LogP contribution in [0.25, 0.3) is 0 Å². The van der Waals surface area contributed by atoms with E-state index in [1.165, 1.54) is 36.9 Å². The lowest BCUT2D eigenvalue weighted by molar-refractivity contribution is 0.139. The third-order valence-electron chi connectivity index (χ3n) is 6.57. The number of nitrogens with one attached hydrogen (secondary N) is 1. The molecule has 166 valence electrons. The minimum absolute atomic E-state index is 0.264. The summed E-state index contributed by atoms with van der Waals surface area (Å²) >= 11 is 0. The molecule has 2 aliphatic rings. The normalized spacial score (nSPS) is 23.3. The molecule has 1 aliphatic heterocycles. The molecule has 1 N–H and O–H groups in total. The minimum Gasteiger partial charge on any atom is -0.450 e. The molecule has 0 spiro atoms. The highest BCUT2D eigenvalue weighted by molar-refractivity contribution is 6.00. The van der Waals surface area contributed by atoms with Gasteiger partial charge in [-0.3, -0.25) is 9.89 Å². The fraction of sp³-hybridized carbons (Fsp3) is 0.667. The van der Waals surface area contributed by atoms with Crippen molar-refractivity contribution in [2.75, 3.05) is 46.4 Å². The predicted octanol–water partition coefficient (Wildman–Crippen LogP) is 3.68. The Bertz CT molecular complexity index is 705. The fourth-order valence-electron chi connectivity index (χ4n) is 4.74. The first-order chi connectivity index (χ1) is 14.6. The number of rotatable bonds is 6. The molecule has 1 aliphatic carbocycles. The van der Waals surface area contributed by atoms with Gasteiger partial charge in [-0.25, -0.2) is 4.79 Å². The number of amidine groups is 1. The second-order valence-electron chi connectivity index (χ2n) is 8.56. The second kappa shape index (κ2) is 11.3. The van der Waals surface area contributed by atoms with Gasteiger partial charge in [0.1, 0.15) is 5.84 Å². The summed E-state index contributed by atoms with van der Waals surface area (Å²) in [6, 6.07) is 8.81. The largest absolute Gasteiger partial charge is 0.450 e. The number of carbonyl (C=O) groups excluding carboxylic acids is 1. The van der Waals surface area contributed by atoms with E-state index in [-0.39, 0.29) is 12.1 Å². The van der Waals surface area contributed by atoms with Crippen LogP contribution in [0, 0.1) is 12.8 Å². The summed E-state index contributed by atoms with van der Waals surface area (Å²) in [7, 11) is 1.90. The van der Waals surface area contributed by atoms with E-state index in [9.17, 15) is 4.79 Å². The molecule has 6 heteroatoms. The number of ether oxygens (including phenoxy) is 1. The highest BCUT2D eigenvalue weighted by Gasteiger charge is 2.25. The van der Waals surface area contributed by atoms with E-state index >= 15 is 0 Å². The topological polar surface area (TPSA) is 57.2 Å². The van der Waals surface area contributed by atoms with Crippen molar-refractivity contribution in [2.45, 2.75) is 52.0 Å². The van der Waals surface area contributed by atoms with E-state index in [2.05, 4.69) is 51.3 Å². The molecule has 1 aromatic carbocycles. The second-order valence-corrected chi connectivity index (χ2v) is 8.56. The van der Waals surface area contributed by atoms with Crippen LogP contribution in [0.3, 0.4) is 0 Å². The molecule has 1 heterocycles. The molecule has 1 saturated carbocycles. The van der Waals surface area contributed by atoms with Crippen LogP contribution in [0.15, 0.2) is 29.3 Å². The zero-order valence-electron chi connectivity index (χ0n) is 18.9. The average Bonchev–Trinajstić information content (AvgIpc) is 2.76. The summed E-state index contributed by atoms with van der Waals surface area (Å²) in [5.41, 5.74) is 2.54. The summed E-state index contributed by atoms with van der Waals surface area (Å²) in [4.78, 5) is 21.2. The third kappa shape index (κ3) is 6.21. The number of aryl methyl sites for hydroxylation is 1. The molecule has 0 aromatic heterocycles. The van der Waals surface area contributed by atoms with Gasteiger partial charge in [-0.15, -0.1) is 0 Å². The van der Waals surface area contributed by atoms with E-state index in [1.807, 2.05) is 14.0 Å². The van der Waals surface area contributed by atoms with Crippen LogP contribution in [0.4, 0.5) is 4.79 Å². The first-order valence-corrected chi connectivity index (χ1v) is 11.5. The highest BCUT2D eigenvalue weighted by Crippen LogP contribution is 2.27. The number of aliphatic imine (C=N–C) groups is 1. The summed E-state index contributed by atoms with van der Waals surface area (Å²) in [5, 5.41) is 3.00. The maximum absolute atomic E-state index is 11.6. The van der Waals surface area contributed by atoms with Crippen molar-refractivity contribution < 1.29 is 9.53 Å². The van der Waals surface area contributed by atoms with Crippen LogP contribution < -0.4 is 5.32 Å². The molecule has 0 bridgehead atoms. The van der Waals surface area contributed by atoms with Crippen LogP contribution in [0.1, 0.15) is 50.2 Å². The molecule has 1 saturated heterocycles. The molecule has 1 amide bonds. The molecule has 3 rings (SSSR count). The van der Waals surface area contributed by atoms with E-state index in [0.29, 0.717) is 6.61 Å². The van der Waals surface area contributed by atoms with Crippen LogP contribution in [0.5, 0.6) is 0 Å². The van der Waals surface area contributed by atoms with Gasteiger partial charge in [-0.1, -0.05) is 24.3 Å². The Labute approximate surface area is 181 Å². The molecule has 0 atom stereocenters. The lowest BCUT2D eigenvalue weighted by Gasteiger charge is -2.38. The number of piperazine rings is 1. The minimum atomic E-state index is -0.264. The van der Waals surface area contributed by atoms with Crippen molar-refractivity contribution in [3.05, 3.63) is 35.4 Å². The number of nitrogens with zero attached hydrogens (tertiary/aromatic N) is 3. The van der Waals surface area contributed by atoms with Gasteiger partial charge in [-0.05, 0) is 64.0 Å². The molecule has 1 aromatic rings. The van der Waals surface area contributed by atoms with Crippen LogP contribution >= 0.6 is 0 Å². The first kappa shape index (κ1) is 22.6. The molecule has 6 nitrogen and oxygen atoms in total. The number of amides is 1. The van der Waals surface area contributed by atoms with Gasteiger partial charge >= 0.3 is 6.09 Å². The Morgan fingerprint density at radius 1 is 1.13 bits per heavy atom. The van der Waals surface area contributed by atoms with E-state index < -0.39 is 0 Å². The first-order valence-electron chi connectivity index (χ1n) is 11.5. The lowest BCUT2D eigenvalue weighted by atomic mass is 9.84. The van der Waals surface area contributed by atoms with Gasteiger partial charge in [0.05, 0.1) is 6.61 Å². The predicted molar refractivity (Wildman–Crippen MR) is 122 cm³/mol. The smallest absolute Gasteiger partial charge is 0.407 e. The Hall–Kier alpha value is -2.08. The molecule has 0 unspecified atom stereocenters. The zero-order chi connectivity index (χ0) is 21.3. The number of carbonyl (C=O) groups is 1. The average molecular weight is 415 g/mol. The van der Waals surface area contributed by atoms with E-state index in [4.69, 9.17) is 4.74 Å². The molecule has 2 fully saturated rings. The maximum atomic E-state index is 11.6. The fourth-order valence-corrected chi connectivity index (χ4v) is 4.74. The van der Waals surface area contributed by atoms with Crippen LogP contribution in [-0.4, -0.2) is 74.1 Å². The number of hydrogen-bond acceptors (Lipinski definition) is 4. The number of alkyl carbamates (subject to hydrolysis) is 1. The number of hydrogen-bond donors (Lipinski definition) is 1. The van der Waals surface area contributed by atoms with Crippen molar-refractivity contribution in [2.24, 2.45) is 10.9 Å². The summed E-state index contributed by atoms with van der Waals surface area (Å²) in [6.45, 7) is 9.90. The molecular weight excluding hydrogens is 376 g/mol. The van der Waals surface area contributed by atoms with Gasteiger partial charge in [0.15, 0.2) is 0 Å².